The zero-order valence-electron chi connectivity index (χ0n) is 25.7. The van der Waals surface area contributed by atoms with Crippen LogP contribution in [-0.2, 0) is 29.9 Å². The summed E-state index contributed by atoms with van der Waals surface area (Å²) < 4.78 is 85.5. The maximum atomic E-state index is 13.0. The van der Waals surface area contributed by atoms with E-state index >= 15 is 0 Å². The van der Waals surface area contributed by atoms with Crippen molar-refractivity contribution in [2.75, 3.05) is 7.11 Å². The number of aryl methyl sites for hydroxylation is 2. The molecule has 0 amide bonds. The quantitative estimate of drug-likeness (QED) is 0.157. The zero-order chi connectivity index (χ0) is 35.7. The molecule has 0 atom stereocenters. The Morgan fingerprint density at radius 3 is 1.63 bits per heavy atom. The summed E-state index contributed by atoms with van der Waals surface area (Å²) >= 11 is 0. The monoisotopic (exact) mass is 686 g/mol. The van der Waals surface area contributed by atoms with E-state index in [2.05, 4.69) is 34.6 Å². The van der Waals surface area contributed by atoms with E-state index in [4.69, 9.17) is 5.11 Å². The van der Waals surface area contributed by atoms with Gasteiger partial charge in [0, 0.05) is 11.4 Å². The smallest absolute Gasteiger partial charge is 0.451 e. The molecule has 0 unspecified atom stereocenters. The number of ether oxygens (including phenoxy) is 1. The molecule has 0 saturated carbocycles. The van der Waals surface area contributed by atoms with Crippen LogP contribution >= 0.6 is 0 Å². The Kier molecular flexibility index (Phi) is 9.33. The van der Waals surface area contributed by atoms with Crippen molar-refractivity contribution in [3.8, 4) is 11.4 Å². The van der Waals surface area contributed by atoms with E-state index in [1.54, 1.807) is 32.0 Å². The van der Waals surface area contributed by atoms with Crippen molar-refractivity contribution in [3.63, 3.8) is 0 Å². The number of hydrogen-bond acceptors (Lipinski definition) is 9. The second kappa shape index (κ2) is 13.3. The van der Waals surface area contributed by atoms with Crippen molar-refractivity contribution in [3.05, 3.63) is 95.3 Å². The van der Waals surface area contributed by atoms with Gasteiger partial charge in [-0.15, -0.1) is 0 Å². The number of carbonyl (C=O) groups excluding carboxylic acids is 1. The number of aromatic nitrogens is 8. The van der Waals surface area contributed by atoms with Crippen molar-refractivity contribution in [2.45, 2.75) is 39.0 Å². The van der Waals surface area contributed by atoms with Crippen LogP contribution in [-0.4, -0.2) is 63.2 Å². The van der Waals surface area contributed by atoms with E-state index < -0.39 is 35.9 Å². The van der Waals surface area contributed by atoms with Gasteiger partial charge in [-0.25, -0.2) is 39.5 Å². The lowest BCUT2D eigenvalue weighted by Crippen LogP contribution is -2.13. The molecule has 18 heteroatoms. The largest absolute Gasteiger partial charge is 0.478 e. The summed E-state index contributed by atoms with van der Waals surface area (Å²) in [4.78, 5) is 45.1. The van der Waals surface area contributed by atoms with E-state index in [9.17, 15) is 35.9 Å². The minimum Gasteiger partial charge on any atom is -0.478 e. The minimum atomic E-state index is -4.68. The van der Waals surface area contributed by atoms with Crippen LogP contribution in [0.25, 0.3) is 33.7 Å². The lowest BCUT2D eigenvalue weighted by molar-refractivity contribution is -0.145. The van der Waals surface area contributed by atoms with Crippen molar-refractivity contribution >= 4 is 34.3 Å². The van der Waals surface area contributed by atoms with Crippen molar-refractivity contribution in [1.29, 1.82) is 0 Å². The van der Waals surface area contributed by atoms with Crippen LogP contribution in [0.2, 0.25) is 0 Å². The number of methoxy groups -OCH3 is 1. The number of halogens is 6. The Labute approximate surface area is 272 Å². The Balaban J connectivity index is 0.000000191. The van der Waals surface area contributed by atoms with Gasteiger partial charge in [-0.1, -0.05) is 19.9 Å². The molecule has 0 radical (unpaired) electrons. The molecule has 1 N–H and O–H groups in total. The van der Waals surface area contributed by atoms with Gasteiger partial charge in [0.05, 0.1) is 29.6 Å². The fraction of sp³-hybridized carbons (Fsp3) is 0.226. The predicted octanol–water partition coefficient (Wildman–Crippen LogP) is 6.28. The SMILES string of the molecule is CCc1nc(C(F)(F)F)nc2c1ncn2-c1ccc(C(=O)OC)cc1.CCc1nc(C(F)(F)F)nc2c1ncn2-c1cccc(C(=O)O)c1. The first kappa shape index (κ1) is 34.4. The lowest BCUT2D eigenvalue weighted by Gasteiger charge is -2.09. The molecule has 6 aromatic rings. The number of carboxylic acid groups (broad SMARTS) is 1. The number of imidazole rings is 2. The standard InChI is InChI=1S/C16H13F3N4O2.C15H11F3N4O2/c1-3-11-12-13(22-15(21-11)16(17,18)19)23(8-20-12)10-6-4-9(5-7-10)14(24)25-2;1-2-10-11-12(21-14(20-10)15(16,17)18)22(7-19-11)9-5-3-4-8(6-9)13(23)24/h4-8H,3H2,1-2H3;3-7H,2H2,1H3,(H,23,24). The zero-order valence-corrected chi connectivity index (χ0v) is 25.7. The van der Waals surface area contributed by atoms with E-state index in [0.29, 0.717) is 28.9 Å². The summed E-state index contributed by atoms with van der Waals surface area (Å²) in [5.41, 5.74) is 2.23. The molecule has 0 aliphatic carbocycles. The number of nitrogens with zero attached hydrogens (tertiary/aromatic N) is 8. The number of hydrogen-bond donors (Lipinski definition) is 1. The third-order valence-corrected chi connectivity index (χ3v) is 7.05. The van der Waals surface area contributed by atoms with E-state index in [1.807, 2.05) is 0 Å². The summed E-state index contributed by atoms with van der Waals surface area (Å²) in [6.07, 6.45) is -6.10. The topological polar surface area (TPSA) is 151 Å². The summed E-state index contributed by atoms with van der Waals surface area (Å²) in [6.45, 7) is 3.37. The van der Waals surface area contributed by atoms with Gasteiger partial charge in [0.1, 0.15) is 23.7 Å². The summed E-state index contributed by atoms with van der Waals surface area (Å²) in [7, 11) is 1.27. The number of carbonyl (C=O) groups is 2. The van der Waals surface area contributed by atoms with Crippen molar-refractivity contribution < 1.29 is 45.8 Å². The highest BCUT2D eigenvalue weighted by Crippen LogP contribution is 2.31. The molecule has 12 nitrogen and oxygen atoms in total. The van der Waals surface area contributed by atoms with E-state index in [0.717, 1.165) is 0 Å². The molecule has 4 aromatic heterocycles. The molecule has 254 valence electrons. The third kappa shape index (κ3) is 7.02. The Bertz CT molecular complexity index is 2180. The molecule has 0 saturated heterocycles. The average Bonchev–Trinajstić information content (AvgIpc) is 3.71. The fourth-order valence-electron chi connectivity index (χ4n) is 4.71. The van der Waals surface area contributed by atoms with Gasteiger partial charge in [0.2, 0.25) is 11.6 Å². The maximum absolute atomic E-state index is 13.0. The van der Waals surface area contributed by atoms with Crippen LogP contribution in [0.15, 0.2) is 61.2 Å². The first-order valence-corrected chi connectivity index (χ1v) is 14.3. The summed E-state index contributed by atoms with van der Waals surface area (Å²) in [5.74, 6) is -4.09. The van der Waals surface area contributed by atoms with Gasteiger partial charge in [-0.2, -0.15) is 26.3 Å². The Morgan fingerprint density at radius 2 is 1.20 bits per heavy atom. The number of carboxylic acids is 1. The van der Waals surface area contributed by atoms with E-state index in [1.165, 1.54) is 59.2 Å². The minimum absolute atomic E-state index is 0.00941. The molecule has 0 bridgehead atoms. The van der Waals surface area contributed by atoms with Gasteiger partial charge < -0.3 is 9.84 Å². The van der Waals surface area contributed by atoms with Crippen LogP contribution < -0.4 is 0 Å². The number of fused-ring (bicyclic) bond motifs is 2. The van der Waals surface area contributed by atoms with Crippen LogP contribution in [0, 0.1) is 0 Å². The average molecular weight is 687 g/mol. The number of alkyl halides is 6. The number of aromatic carboxylic acids is 1. The molecule has 49 heavy (non-hydrogen) atoms. The number of benzene rings is 2. The van der Waals surface area contributed by atoms with Crippen LogP contribution in [0.1, 0.15) is 57.6 Å². The van der Waals surface area contributed by atoms with Gasteiger partial charge in [0.15, 0.2) is 11.3 Å². The number of rotatable bonds is 6. The van der Waals surface area contributed by atoms with Crippen molar-refractivity contribution in [2.24, 2.45) is 0 Å². The highest BCUT2D eigenvalue weighted by molar-refractivity contribution is 5.90. The Morgan fingerprint density at radius 1 is 0.714 bits per heavy atom. The van der Waals surface area contributed by atoms with E-state index in [-0.39, 0.29) is 40.2 Å². The van der Waals surface area contributed by atoms with Crippen molar-refractivity contribution in [1.82, 2.24) is 39.0 Å². The third-order valence-electron chi connectivity index (χ3n) is 7.05. The molecule has 0 aliphatic rings. The van der Waals surface area contributed by atoms with Gasteiger partial charge in [-0.05, 0) is 55.3 Å². The number of esters is 1. The van der Waals surface area contributed by atoms with Crippen LogP contribution in [0.4, 0.5) is 26.3 Å². The highest BCUT2D eigenvalue weighted by atomic mass is 19.4. The summed E-state index contributed by atoms with van der Waals surface area (Å²) in [6, 6.07) is 12.0. The molecular formula is C31H24F6N8O4. The van der Waals surface area contributed by atoms with Crippen LogP contribution in [0.3, 0.4) is 0 Å². The van der Waals surface area contributed by atoms with Gasteiger partial charge in [-0.3, -0.25) is 9.13 Å². The lowest BCUT2D eigenvalue weighted by atomic mass is 10.2. The first-order chi connectivity index (χ1) is 23.2. The predicted molar refractivity (Wildman–Crippen MR) is 160 cm³/mol. The molecule has 0 fully saturated rings. The second-order valence-electron chi connectivity index (χ2n) is 10.2. The normalized spacial score (nSPS) is 11.8. The molecule has 2 aromatic carbocycles. The first-order valence-electron chi connectivity index (χ1n) is 14.3. The second-order valence-corrected chi connectivity index (χ2v) is 10.2. The fourth-order valence-corrected chi connectivity index (χ4v) is 4.71. The summed E-state index contributed by atoms with van der Waals surface area (Å²) in [5, 5.41) is 9.05. The molecular weight excluding hydrogens is 662 g/mol. The van der Waals surface area contributed by atoms with Gasteiger partial charge in [0.25, 0.3) is 0 Å². The maximum Gasteiger partial charge on any atom is 0.451 e. The van der Waals surface area contributed by atoms with Gasteiger partial charge >= 0.3 is 24.3 Å². The molecule has 0 aliphatic heterocycles. The molecule has 4 heterocycles. The Hall–Kier alpha value is -5.94. The highest BCUT2D eigenvalue weighted by Gasteiger charge is 2.37. The molecule has 0 spiro atoms. The molecule has 6 rings (SSSR count). The van der Waals surface area contributed by atoms with Crippen LogP contribution in [0.5, 0.6) is 0 Å².